The molecule has 1 unspecified atom stereocenters. The van der Waals surface area contributed by atoms with E-state index in [4.69, 9.17) is 4.74 Å². The minimum Gasteiger partial charge on any atom is -0.465 e. The molecule has 0 bridgehead atoms. The average molecular weight is 548 g/mol. The van der Waals surface area contributed by atoms with Gasteiger partial charge in [-0.1, -0.05) is 29.0 Å². The third-order valence-corrected chi connectivity index (χ3v) is 9.73. The highest BCUT2D eigenvalue weighted by molar-refractivity contribution is 7.98. The molecule has 2 heterocycles. The van der Waals surface area contributed by atoms with Gasteiger partial charge in [-0.05, 0) is 56.4 Å². The van der Waals surface area contributed by atoms with Crippen LogP contribution in [0.4, 0.5) is 0 Å². The summed E-state index contributed by atoms with van der Waals surface area (Å²) in [6.45, 7) is 3.06. The number of rotatable bonds is 7. The Morgan fingerprint density at radius 1 is 1.19 bits per heavy atom. The molecule has 1 atom stereocenters. The smallest absolute Gasteiger partial charge is 0.337 e. The zero-order chi connectivity index (χ0) is 25.9. The fraction of sp³-hybridized carbons (Fsp3) is 0.400. The zero-order valence-corrected chi connectivity index (χ0v) is 22.9. The molecule has 8 nitrogen and oxygen atoms in total. The molecule has 0 saturated carbocycles. The van der Waals surface area contributed by atoms with Crippen LogP contribution in [0.25, 0.3) is 10.2 Å². The van der Waals surface area contributed by atoms with E-state index in [-0.39, 0.29) is 17.3 Å². The standard InChI is InChI=1S/C25H29N3O5S3/c1-17-6-9-20(10-7-17)36(31,32)27-12-4-5-19(16-27)23(29)26-25-28(13-14-34-3)21-11-8-18(24(30)33-2)15-22(21)35-25/h6-11,15,19H,4-5,12-14,16H2,1-3H3. The second-order valence-corrected chi connectivity index (χ2v) is 12.6. The topological polar surface area (TPSA) is 98.0 Å². The molecule has 0 radical (unpaired) electrons. The first kappa shape index (κ1) is 26.6. The van der Waals surface area contributed by atoms with E-state index in [0.29, 0.717) is 36.3 Å². The summed E-state index contributed by atoms with van der Waals surface area (Å²) in [6.07, 6.45) is 3.19. The Bertz CT molecular complexity index is 1440. The van der Waals surface area contributed by atoms with Crippen LogP contribution in [0, 0.1) is 12.8 Å². The number of thiazole rings is 1. The van der Waals surface area contributed by atoms with Crippen LogP contribution in [0.1, 0.15) is 28.8 Å². The second-order valence-electron chi connectivity index (χ2n) is 8.67. The first-order valence-electron chi connectivity index (χ1n) is 11.6. The lowest BCUT2D eigenvalue weighted by Gasteiger charge is -2.30. The highest BCUT2D eigenvalue weighted by atomic mass is 32.2. The van der Waals surface area contributed by atoms with Crippen molar-refractivity contribution in [2.45, 2.75) is 31.2 Å². The van der Waals surface area contributed by atoms with E-state index in [9.17, 15) is 18.0 Å². The molecule has 0 spiro atoms. The van der Waals surface area contributed by atoms with Gasteiger partial charge in [-0.15, -0.1) is 0 Å². The molecule has 36 heavy (non-hydrogen) atoms. The number of hydrogen-bond acceptors (Lipinski definition) is 7. The molecule has 1 fully saturated rings. The number of esters is 1. The highest BCUT2D eigenvalue weighted by Gasteiger charge is 2.33. The second kappa shape index (κ2) is 11.3. The number of thioether (sulfide) groups is 1. The molecular weight excluding hydrogens is 518 g/mol. The number of piperidine rings is 1. The maximum absolute atomic E-state index is 13.3. The number of hydrogen-bond donors (Lipinski definition) is 0. The monoisotopic (exact) mass is 547 g/mol. The fourth-order valence-electron chi connectivity index (χ4n) is 4.21. The molecule has 1 amide bonds. The van der Waals surface area contributed by atoms with Gasteiger partial charge in [0, 0.05) is 25.4 Å². The summed E-state index contributed by atoms with van der Waals surface area (Å²) < 4.78 is 35.4. The number of nitrogens with zero attached hydrogens (tertiary/aromatic N) is 3. The minimum absolute atomic E-state index is 0.112. The molecule has 1 aromatic heterocycles. The van der Waals surface area contributed by atoms with E-state index >= 15 is 0 Å². The Labute approximate surface area is 219 Å². The van der Waals surface area contributed by atoms with Gasteiger partial charge in [0.05, 0.1) is 33.7 Å². The molecule has 192 valence electrons. The molecular formula is C25H29N3O5S3. The lowest BCUT2D eigenvalue weighted by Crippen LogP contribution is -2.42. The zero-order valence-electron chi connectivity index (χ0n) is 20.5. The van der Waals surface area contributed by atoms with Gasteiger partial charge in [0.2, 0.25) is 10.0 Å². The summed E-state index contributed by atoms with van der Waals surface area (Å²) in [7, 11) is -2.35. The van der Waals surface area contributed by atoms with Crippen LogP contribution in [-0.2, 0) is 26.1 Å². The number of aryl methyl sites for hydroxylation is 2. The van der Waals surface area contributed by atoms with Gasteiger partial charge in [0.15, 0.2) is 4.80 Å². The largest absolute Gasteiger partial charge is 0.465 e. The van der Waals surface area contributed by atoms with Crippen LogP contribution < -0.4 is 4.80 Å². The van der Waals surface area contributed by atoms with Crippen LogP contribution in [0.2, 0.25) is 0 Å². The lowest BCUT2D eigenvalue weighted by atomic mass is 9.99. The van der Waals surface area contributed by atoms with Crippen molar-refractivity contribution in [1.82, 2.24) is 8.87 Å². The predicted octanol–water partition coefficient (Wildman–Crippen LogP) is 3.69. The van der Waals surface area contributed by atoms with E-state index < -0.39 is 21.9 Å². The van der Waals surface area contributed by atoms with Gasteiger partial charge in [-0.25, -0.2) is 13.2 Å². The van der Waals surface area contributed by atoms with Crippen molar-refractivity contribution in [2.24, 2.45) is 10.9 Å². The van der Waals surface area contributed by atoms with Crippen molar-refractivity contribution >= 4 is 55.2 Å². The fourth-order valence-corrected chi connectivity index (χ4v) is 7.20. The molecule has 1 saturated heterocycles. The molecule has 4 rings (SSSR count). The van der Waals surface area contributed by atoms with E-state index in [1.807, 2.05) is 23.8 Å². The van der Waals surface area contributed by atoms with Crippen LogP contribution in [0.5, 0.6) is 0 Å². The van der Waals surface area contributed by atoms with Crippen molar-refractivity contribution in [3.8, 4) is 0 Å². The third-order valence-electron chi connectivity index (χ3n) is 6.22. The van der Waals surface area contributed by atoms with Gasteiger partial charge in [0.1, 0.15) is 0 Å². The normalized spacial score (nSPS) is 17.4. The Hall–Kier alpha value is -2.47. The molecule has 1 aliphatic heterocycles. The SMILES string of the molecule is COC(=O)c1ccc2c(c1)sc(=NC(=O)C1CCCN(S(=O)(=O)c3ccc(C)cc3)C1)n2CCSC. The number of methoxy groups -OCH3 is 1. The van der Waals surface area contributed by atoms with Crippen molar-refractivity contribution < 1.29 is 22.7 Å². The summed E-state index contributed by atoms with van der Waals surface area (Å²) in [4.78, 5) is 30.5. The molecule has 1 aliphatic rings. The number of carbonyl (C=O) groups excluding carboxylic acids is 2. The number of amides is 1. The molecule has 11 heteroatoms. The Morgan fingerprint density at radius 2 is 1.94 bits per heavy atom. The maximum atomic E-state index is 13.3. The number of benzene rings is 2. The summed E-state index contributed by atoms with van der Waals surface area (Å²) in [5.41, 5.74) is 2.31. The first-order chi connectivity index (χ1) is 17.2. The van der Waals surface area contributed by atoms with Gasteiger partial charge >= 0.3 is 5.97 Å². The van der Waals surface area contributed by atoms with Crippen molar-refractivity contribution in [3.63, 3.8) is 0 Å². The average Bonchev–Trinajstić information content (AvgIpc) is 3.23. The van der Waals surface area contributed by atoms with Gasteiger partial charge in [-0.2, -0.15) is 21.1 Å². The summed E-state index contributed by atoms with van der Waals surface area (Å²) >= 11 is 3.03. The van der Waals surface area contributed by atoms with Crippen LogP contribution in [0.3, 0.4) is 0 Å². The first-order valence-corrected chi connectivity index (χ1v) is 15.3. The number of carbonyl (C=O) groups is 2. The van der Waals surface area contributed by atoms with Crippen molar-refractivity contribution in [1.29, 1.82) is 0 Å². The molecule has 0 N–H and O–H groups in total. The number of ether oxygens (including phenoxy) is 1. The summed E-state index contributed by atoms with van der Waals surface area (Å²) in [6, 6.07) is 12.1. The Balaban J connectivity index is 1.64. The molecule has 0 aliphatic carbocycles. The van der Waals surface area contributed by atoms with E-state index in [1.54, 1.807) is 48.2 Å². The van der Waals surface area contributed by atoms with Gasteiger partial charge in [-0.3, -0.25) is 4.79 Å². The summed E-state index contributed by atoms with van der Waals surface area (Å²) in [5.74, 6) is -0.425. The van der Waals surface area contributed by atoms with E-state index in [2.05, 4.69) is 4.99 Å². The van der Waals surface area contributed by atoms with Gasteiger partial charge < -0.3 is 9.30 Å². The number of sulfonamides is 1. The molecule has 3 aromatic rings. The van der Waals surface area contributed by atoms with Crippen LogP contribution >= 0.6 is 23.1 Å². The maximum Gasteiger partial charge on any atom is 0.337 e. The van der Waals surface area contributed by atoms with E-state index in [0.717, 1.165) is 21.5 Å². The Kier molecular flexibility index (Phi) is 8.34. The quantitative estimate of drug-likeness (QED) is 0.419. The summed E-state index contributed by atoms with van der Waals surface area (Å²) in [5, 5.41) is 0. The third kappa shape index (κ3) is 5.59. The highest BCUT2D eigenvalue weighted by Crippen LogP contribution is 2.25. The Morgan fingerprint density at radius 3 is 2.64 bits per heavy atom. The lowest BCUT2D eigenvalue weighted by molar-refractivity contribution is -0.122. The minimum atomic E-state index is -3.68. The van der Waals surface area contributed by atoms with Crippen molar-refractivity contribution in [2.75, 3.05) is 32.2 Å². The van der Waals surface area contributed by atoms with Crippen LogP contribution in [0.15, 0.2) is 52.4 Å². The van der Waals surface area contributed by atoms with Crippen molar-refractivity contribution in [3.05, 3.63) is 58.4 Å². The molecule has 2 aromatic carbocycles. The van der Waals surface area contributed by atoms with Crippen LogP contribution in [-0.4, -0.2) is 61.4 Å². The predicted molar refractivity (Wildman–Crippen MR) is 143 cm³/mol. The van der Waals surface area contributed by atoms with Gasteiger partial charge in [0.25, 0.3) is 5.91 Å². The number of aromatic nitrogens is 1. The van der Waals surface area contributed by atoms with E-state index in [1.165, 1.54) is 22.8 Å². The number of fused-ring (bicyclic) bond motifs is 1.